The van der Waals surface area contributed by atoms with Crippen molar-refractivity contribution in [1.82, 2.24) is 15.6 Å². The molecule has 2 aromatic rings. The summed E-state index contributed by atoms with van der Waals surface area (Å²) in [6.45, 7) is 10.3. The van der Waals surface area contributed by atoms with Crippen LogP contribution in [-0.2, 0) is 11.3 Å². The Hall–Kier alpha value is -2.89. The summed E-state index contributed by atoms with van der Waals surface area (Å²) in [7, 11) is 0. The van der Waals surface area contributed by atoms with Crippen molar-refractivity contribution >= 4 is 17.6 Å². The maximum Gasteiger partial charge on any atom is 0.251 e. The zero-order valence-electron chi connectivity index (χ0n) is 16.5. The molecule has 27 heavy (non-hydrogen) atoms. The molecule has 2 amide bonds. The van der Waals surface area contributed by atoms with E-state index in [1.165, 1.54) is 0 Å². The van der Waals surface area contributed by atoms with E-state index >= 15 is 0 Å². The first kappa shape index (κ1) is 20.4. The van der Waals surface area contributed by atoms with Crippen LogP contribution in [0.1, 0.15) is 40.9 Å². The largest absolute Gasteiger partial charge is 0.357 e. The molecule has 1 aromatic carbocycles. The third-order valence-corrected chi connectivity index (χ3v) is 4.56. The van der Waals surface area contributed by atoms with Crippen molar-refractivity contribution in [1.29, 1.82) is 0 Å². The molecule has 2 rings (SSSR count). The molecule has 0 aliphatic carbocycles. The van der Waals surface area contributed by atoms with Crippen molar-refractivity contribution in [3.05, 3.63) is 58.8 Å². The van der Waals surface area contributed by atoms with Crippen molar-refractivity contribution in [3.63, 3.8) is 0 Å². The molecule has 1 aromatic heterocycles. The number of benzene rings is 1. The van der Waals surface area contributed by atoms with Crippen LogP contribution in [0.3, 0.4) is 0 Å². The number of aromatic nitrogens is 1. The minimum atomic E-state index is -0.251. The van der Waals surface area contributed by atoms with Gasteiger partial charge in [0.2, 0.25) is 5.91 Å². The van der Waals surface area contributed by atoms with Crippen LogP contribution in [0, 0.1) is 13.8 Å². The van der Waals surface area contributed by atoms with E-state index in [-0.39, 0.29) is 18.4 Å². The van der Waals surface area contributed by atoms with Gasteiger partial charge in [0.1, 0.15) is 5.82 Å². The molecule has 144 valence electrons. The van der Waals surface area contributed by atoms with Crippen LogP contribution >= 0.6 is 0 Å². The van der Waals surface area contributed by atoms with Gasteiger partial charge in [-0.25, -0.2) is 4.98 Å². The first-order valence-corrected chi connectivity index (χ1v) is 9.26. The van der Waals surface area contributed by atoms with Crippen molar-refractivity contribution < 1.29 is 9.59 Å². The van der Waals surface area contributed by atoms with Crippen LogP contribution in [0.5, 0.6) is 0 Å². The molecule has 0 bridgehead atoms. The van der Waals surface area contributed by atoms with Gasteiger partial charge in [0, 0.05) is 31.4 Å². The topological polar surface area (TPSA) is 74.3 Å². The fraction of sp³-hybridized carbons (Fsp3) is 0.381. The predicted octanol–water partition coefficient (Wildman–Crippen LogP) is 2.59. The molecule has 0 aliphatic rings. The summed E-state index contributed by atoms with van der Waals surface area (Å²) >= 11 is 0. The molecule has 2 N–H and O–H groups in total. The van der Waals surface area contributed by atoms with E-state index in [1.807, 2.05) is 38.1 Å². The van der Waals surface area contributed by atoms with Gasteiger partial charge < -0.3 is 15.5 Å². The molecule has 0 atom stereocenters. The van der Waals surface area contributed by atoms with Gasteiger partial charge >= 0.3 is 0 Å². The fourth-order valence-electron chi connectivity index (χ4n) is 2.66. The Balaban J connectivity index is 1.80. The number of anilines is 1. The van der Waals surface area contributed by atoms with Gasteiger partial charge in [0.25, 0.3) is 5.91 Å². The predicted molar refractivity (Wildman–Crippen MR) is 108 cm³/mol. The average Bonchev–Trinajstić information content (AvgIpc) is 2.68. The number of hydrogen-bond donors (Lipinski definition) is 2. The molecule has 6 nitrogen and oxygen atoms in total. The highest BCUT2D eigenvalue weighted by molar-refractivity contribution is 5.96. The SMILES string of the molecule is CCN(CC)c1ccc(CNC(=O)CNC(=O)c2ccc(C)c(C)c2)cn1. The van der Waals surface area contributed by atoms with Gasteiger partial charge in [0.05, 0.1) is 6.54 Å². The molecule has 0 spiro atoms. The van der Waals surface area contributed by atoms with E-state index in [0.717, 1.165) is 35.6 Å². The minimum Gasteiger partial charge on any atom is -0.357 e. The summed E-state index contributed by atoms with van der Waals surface area (Å²) in [5.74, 6) is 0.439. The van der Waals surface area contributed by atoms with E-state index in [1.54, 1.807) is 12.3 Å². The Morgan fingerprint density at radius 3 is 2.33 bits per heavy atom. The number of rotatable bonds is 8. The lowest BCUT2D eigenvalue weighted by atomic mass is 10.1. The Bertz CT molecular complexity index is 783. The lowest BCUT2D eigenvalue weighted by Gasteiger charge is -2.19. The number of amides is 2. The number of nitrogens with zero attached hydrogens (tertiary/aromatic N) is 2. The maximum absolute atomic E-state index is 12.1. The van der Waals surface area contributed by atoms with Gasteiger partial charge in [0.15, 0.2) is 0 Å². The van der Waals surface area contributed by atoms with Gasteiger partial charge in [-0.1, -0.05) is 12.1 Å². The highest BCUT2D eigenvalue weighted by Crippen LogP contribution is 2.11. The summed E-state index contributed by atoms with van der Waals surface area (Å²) in [5, 5.41) is 5.44. The van der Waals surface area contributed by atoms with E-state index < -0.39 is 0 Å². The van der Waals surface area contributed by atoms with Crippen molar-refractivity contribution in [3.8, 4) is 0 Å². The van der Waals surface area contributed by atoms with Gasteiger partial charge in [-0.3, -0.25) is 9.59 Å². The normalized spacial score (nSPS) is 10.4. The summed E-state index contributed by atoms with van der Waals surface area (Å²) in [5.41, 5.74) is 3.65. The molecular formula is C21H28N4O2. The summed E-state index contributed by atoms with van der Waals surface area (Å²) in [6.07, 6.45) is 1.77. The first-order chi connectivity index (χ1) is 12.9. The minimum absolute atomic E-state index is 0.0588. The highest BCUT2D eigenvalue weighted by atomic mass is 16.2. The molecule has 6 heteroatoms. The summed E-state index contributed by atoms with van der Waals surface area (Å²) in [4.78, 5) is 30.7. The fourth-order valence-corrected chi connectivity index (χ4v) is 2.66. The number of carbonyl (C=O) groups is 2. The quantitative estimate of drug-likeness (QED) is 0.751. The smallest absolute Gasteiger partial charge is 0.251 e. The zero-order chi connectivity index (χ0) is 19.8. The van der Waals surface area contributed by atoms with Crippen molar-refractivity contribution in [2.75, 3.05) is 24.5 Å². The standard InChI is InChI=1S/C21H28N4O2/c1-5-25(6-2)19-10-8-17(12-22-19)13-23-20(26)14-24-21(27)18-9-7-15(3)16(4)11-18/h7-12H,5-6,13-14H2,1-4H3,(H,23,26)(H,24,27). The Kier molecular flexibility index (Phi) is 7.34. The highest BCUT2D eigenvalue weighted by Gasteiger charge is 2.09. The van der Waals surface area contributed by atoms with Gasteiger partial charge in [-0.2, -0.15) is 0 Å². The van der Waals surface area contributed by atoms with Crippen molar-refractivity contribution in [2.45, 2.75) is 34.2 Å². The molecule has 0 saturated heterocycles. The Morgan fingerprint density at radius 2 is 1.74 bits per heavy atom. The molecule has 0 fully saturated rings. The number of nitrogens with one attached hydrogen (secondary N) is 2. The molecule has 0 saturated carbocycles. The van der Waals surface area contributed by atoms with Crippen LogP contribution in [-0.4, -0.2) is 36.4 Å². The van der Waals surface area contributed by atoms with Crippen LogP contribution in [0.2, 0.25) is 0 Å². The van der Waals surface area contributed by atoms with Gasteiger partial charge in [-0.05, 0) is 62.6 Å². The third-order valence-electron chi connectivity index (χ3n) is 4.56. The van der Waals surface area contributed by atoms with Crippen LogP contribution in [0.15, 0.2) is 36.5 Å². The molecule has 1 heterocycles. The molecule has 0 aliphatic heterocycles. The number of hydrogen-bond acceptors (Lipinski definition) is 4. The maximum atomic E-state index is 12.1. The Labute approximate surface area is 161 Å². The van der Waals surface area contributed by atoms with Crippen molar-refractivity contribution in [2.24, 2.45) is 0 Å². The molecular weight excluding hydrogens is 340 g/mol. The lowest BCUT2D eigenvalue weighted by molar-refractivity contribution is -0.120. The summed E-state index contributed by atoms with van der Waals surface area (Å²) < 4.78 is 0. The van der Waals surface area contributed by atoms with E-state index in [2.05, 4.69) is 34.4 Å². The van der Waals surface area contributed by atoms with E-state index in [9.17, 15) is 9.59 Å². The lowest BCUT2D eigenvalue weighted by Crippen LogP contribution is -2.36. The number of pyridine rings is 1. The Morgan fingerprint density at radius 1 is 1.00 bits per heavy atom. The van der Waals surface area contributed by atoms with E-state index in [4.69, 9.17) is 0 Å². The monoisotopic (exact) mass is 368 g/mol. The van der Waals surface area contributed by atoms with Crippen LogP contribution < -0.4 is 15.5 Å². The molecule has 0 radical (unpaired) electrons. The second-order valence-corrected chi connectivity index (χ2v) is 6.46. The number of carbonyl (C=O) groups excluding carboxylic acids is 2. The van der Waals surface area contributed by atoms with E-state index in [0.29, 0.717) is 12.1 Å². The number of aryl methyl sites for hydroxylation is 2. The summed E-state index contributed by atoms with van der Waals surface area (Å²) in [6, 6.07) is 9.40. The van der Waals surface area contributed by atoms with Crippen LogP contribution in [0.4, 0.5) is 5.82 Å². The molecule has 0 unspecified atom stereocenters. The second kappa shape index (κ2) is 9.71. The first-order valence-electron chi connectivity index (χ1n) is 9.26. The third kappa shape index (κ3) is 5.81. The van der Waals surface area contributed by atoms with Gasteiger partial charge in [-0.15, -0.1) is 0 Å². The average molecular weight is 368 g/mol. The zero-order valence-corrected chi connectivity index (χ0v) is 16.5. The second-order valence-electron chi connectivity index (χ2n) is 6.46. The van der Waals surface area contributed by atoms with Crippen LogP contribution in [0.25, 0.3) is 0 Å².